The zero-order valence-electron chi connectivity index (χ0n) is 10.7. The predicted molar refractivity (Wildman–Crippen MR) is 76.6 cm³/mol. The molecule has 17 heavy (non-hydrogen) atoms. The maximum atomic E-state index is 3.36. The average Bonchev–Trinajstić information content (AvgIpc) is 2.39. The van der Waals surface area contributed by atoms with E-state index in [1.54, 1.807) is 0 Å². The number of nitrogens with one attached hydrogen (secondary N) is 1. The third-order valence-corrected chi connectivity index (χ3v) is 4.71. The van der Waals surface area contributed by atoms with Crippen molar-refractivity contribution in [2.45, 2.75) is 55.7 Å². The quantitative estimate of drug-likeness (QED) is 0.838. The molecule has 94 valence electrons. The van der Waals surface area contributed by atoms with Crippen LogP contribution in [-0.2, 0) is 6.54 Å². The smallest absolute Gasteiger partial charge is 0.0205 e. The highest BCUT2D eigenvalue weighted by atomic mass is 32.2. The van der Waals surface area contributed by atoms with Gasteiger partial charge in [-0.25, -0.2) is 0 Å². The van der Waals surface area contributed by atoms with Crippen LogP contribution in [0.4, 0.5) is 0 Å². The first kappa shape index (κ1) is 13.0. The third-order valence-electron chi connectivity index (χ3n) is 3.36. The first-order chi connectivity index (χ1) is 8.38. The maximum Gasteiger partial charge on any atom is 0.0205 e. The van der Waals surface area contributed by atoms with Gasteiger partial charge in [0.25, 0.3) is 0 Å². The van der Waals surface area contributed by atoms with Crippen LogP contribution in [0.2, 0.25) is 0 Å². The molecular weight excluding hydrogens is 226 g/mol. The summed E-state index contributed by atoms with van der Waals surface area (Å²) < 4.78 is 0. The van der Waals surface area contributed by atoms with Gasteiger partial charge in [0, 0.05) is 16.7 Å². The van der Waals surface area contributed by atoms with E-state index in [1.807, 2.05) is 0 Å². The van der Waals surface area contributed by atoms with Gasteiger partial charge in [-0.3, -0.25) is 0 Å². The number of benzene rings is 1. The highest BCUT2D eigenvalue weighted by molar-refractivity contribution is 8.00. The molecule has 0 aliphatic heterocycles. The van der Waals surface area contributed by atoms with Crippen LogP contribution in [0, 0.1) is 0 Å². The molecule has 0 spiro atoms. The van der Waals surface area contributed by atoms with Gasteiger partial charge in [0.05, 0.1) is 0 Å². The Morgan fingerprint density at radius 3 is 2.47 bits per heavy atom. The lowest BCUT2D eigenvalue weighted by Gasteiger charge is -2.20. The molecule has 1 N–H and O–H groups in total. The van der Waals surface area contributed by atoms with Gasteiger partial charge in [-0.2, -0.15) is 0 Å². The molecule has 1 fully saturated rings. The summed E-state index contributed by atoms with van der Waals surface area (Å²) in [5, 5.41) is 4.22. The van der Waals surface area contributed by atoms with E-state index < -0.39 is 0 Å². The van der Waals surface area contributed by atoms with Crippen LogP contribution in [0.25, 0.3) is 0 Å². The number of thioether (sulfide) groups is 1. The molecule has 0 saturated heterocycles. The van der Waals surface area contributed by atoms with Gasteiger partial charge in [-0.1, -0.05) is 38.3 Å². The number of rotatable bonds is 5. The summed E-state index contributed by atoms with van der Waals surface area (Å²) in [7, 11) is 0. The van der Waals surface area contributed by atoms with Crippen molar-refractivity contribution in [2.75, 3.05) is 6.54 Å². The van der Waals surface area contributed by atoms with Crippen LogP contribution in [0.1, 0.15) is 44.6 Å². The summed E-state index contributed by atoms with van der Waals surface area (Å²) in [6.07, 6.45) is 7.11. The first-order valence-corrected chi connectivity index (χ1v) is 7.73. The van der Waals surface area contributed by atoms with Crippen molar-refractivity contribution in [3.05, 3.63) is 29.8 Å². The summed E-state index contributed by atoms with van der Waals surface area (Å²) in [6, 6.07) is 9.08. The first-order valence-electron chi connectivity index (χ1n) is 6.85. The molecular formula is C15H23NS. The van der Waals surface area contributed by atoms with E-state index in [0.29, 0.717) is 0 Å². The number of hydrogen-bond donors (Lipinski definition) is 1. The Morgan fingerprint density at radius 1 is 1.12 bits per heavy atom. The summed E-state index contributed by atoms with van der Waals surface area (Å²) >= 11 is 2.08. The van der Waals surface area contributed by atoms with Gasteiger partial charge < -0.3 is 5.32 Å². The van der Waals surface area contributed by atoms with Crippen molar-refractivity contribution in [1.82, 2.24) is 5.32 Å². The van der Waals surface area contributed by atoms with Crippen LogP contribution < -0.4 is 5.32 Å². The van der Waals surface area contributed by atoms with Crippen molar-refractivity contribution in [1.29, 1.82) is 0 Å². The molecule has 0 atom stereocenters. The van der Waals surface area contributed by atoms with Crippen LogP contribution in [0.3, 0.4) is 0 Å². The van der Waals surface area contributed by atoms with Crippen LogP contribution >= 0.6 is 11.8 Å². The lowest BCUT2D eigenvalue weighted by molar-refractivity contribution is 0.516. The molecule has 0 heterocycles. The Morgan fingerprint density at radius 2 is 1.82 bits per heavy atom. The second-order valence-electron chi connectivity index (χ2n) is 4.80. The molecule has 1 aliphatic rings. The van der Waals surface area contributed by atoms with Gasteiger partial charge in [-0.15, -0.1) is 11.8 Å². The van der Waals surface area contributed by atoms with E-state index in [0.717, 1.165) is 18.3 Å². The fourth-order valence-electron chi connectivity index (χ4n) is 2.33. The van der Waals surface area contributed by atoms with Crippen molar-refractivity contribution < 1.29 is 0 Å². The van der Waals surface area contributed by atoms with Gasteiger partial charge >= 0.3 is 0 Å². The molecule has 2 rings (SSSR count). The van der Waals surface area contributed by atoms with Crippen LogP contribution in [0.5, 0.6) is 0 Å². The Hall–Kier alpha value is -0.470. The second kappa shape index (κ2) is 7.07. The number of hydrogen-bond acceptors (Lipinski definition) is 2. The van der Waals surface area contributed by atoms with E-state index >= 15 is 0 Å². The van der Waals surface area contributed by atoms with E-state index in [9.17, 15) is 0 Å². The Bertz CT molecular complexity index is 314. The SMILES string of the molecule is CCNCc1ccc(SC2CCCCC2)cc1. The standard InChI is InChI=1S/C15H23NS/c1-2-16-12-13-8-10-15(11-9-13)17-14-6-4-3-5-7-14/h8-11,14,16H,2-7,12H2,1H3. The van der Waals surface area contributed by atoms with Crippen molar-refractivity contribution in [3.63, 3.8) is 0 Å². The molecule has 1 aromatic carbocycles. The fourth-order valence-corrected chi connectivity index (χ4v) is 3.58. The zero-order chi connectivity index (χ0) is 11.9. The molecule has 0 aromatic heterocycles. The highest BCUT2D eigenvalue weighted by Gasteiger charge is 2.14. The van der Waals surface area contributed by atoms with E-state index in [4.69, 9.17) is 0 Å². The highest BCUT2D eigenvalue weighted by Crippen LogP contribution is 2.33. The normalized spacial score (nSPS) is 17.2. The van der Waals surface area contributed by atoms with Gasteiger partial charge in [0.1, 0.15) is 0 Å². The third kappa shape index (κ3) is 4.36. The molecule has 0 bridgehead atoms. The lowest BCUT2D eigenvalue weighted by atomic mass is 10.0. The van der Waals surface area contributed by atoms with Crippen LogP contribution in [0.15, 0.2) is 29.2 Å². The van der Waals surface area contributed by atoms with E-state index in [1.165, 1.54) is 42.6 Å². The largest absolute Gasteiger partial charge is 0.313 e. The molecule has 2 heteroatoms. The lowest BCUT2D eigenvalue weighted by Crippen LogP contribution is -2.11. The van der Waals surface area contributed by atoms with Crippen molar-refractivity contribution in [2.24, 2.45) is 0 Å². The summed E-state index contributed by atoms with van der Waals surface area (Å²) in [6.45, 7) is 4.18. The topological polar surface area (TPSA) is 12.0 Å². The molecule has 1 aliphatic carbocycles. The molecule has 1 nitrogen and oxygen atoms in total. The molecule has 0 unspecified atom stereocenters. The summed E-state index contributed by atoms with van der Waals surface area (Å²) in [5.41, 5.74) is 1.39. The minimum atomic E-state index is 0.864. The molecule has 1 aromatic rings. The second-order valence-corrected chi connectivity index (χ2v) is 6.18. The van der Waals surface area contributed by atoms with Crippen LogP contribution in [-0.4, -0.2) is 11.8 Å². The monoisotopic (exact) mass is 249 g/mol. The fraction of sp³-hybridized carbons (Fsp3) is 0.600. The maximum absolute atomic E-state index is 3.36. The van der Waals surface area contributed by atoms with Gasteiger partial charge in [-0.05, 0) is 37.1 Å². The van der Waals surface area contributed by atoms with Gasteiger partial charge in [0.2, 0.25) is 0 Å². The summed E-state index contributed by atoms with van der Waals surface area (Å²) in [5.74, 6) is 0. The predicted octanol–water partition coefficient (Wildman–Crippen LogP) is 4.22. The molecule has 0 amide bonds. The molecule has 0 radical (unpaired) electrons. The minimum Gasteiger partial charge on any atom is -0.313 e. The average molecular weight is 249 g/mol. The Labute approximate surface area is 109 Å². The van der Waals surface area contributed by atoms with Crippen molar-refractivity contribution in [3.8, 4) is 0 Å². The molecule has 1 saturated carbocycles. The zero-order valence-corrected chi connectivity index (χ0v) is 11.6. The van der Waals surface area contributed by atoms with E-state index in [2.05, 4.69) is 48.3 Å². The summed E-state index contributed by atoms with van der Waals surface area (Å²) in [4.78, 5) is 1.44. The van der Waals surface area contributed by atoms with Crippen molar-refractivity contribution >= 4 is 11.8 Å². The Kier molecular flexibility index (Phi) is 5.40. The Balaban J connectivity index is 1.84. The minimum absolute atomic E-state index is 0.864. The van der Waals surface area contributed by atoms with Gasteiger partial charge in [0.15, 0.2) is 0 Å². The van der Waals surface area contributed by atoms with E-state index in [-0.39, 0.29) is 0 Å².